The second-order valence-electron chi connectivity index (χ2n) is 9.13. The highest BCUT2D eigenvalue weighted by atomic mass is 32.2. The Morgan fingerprint density at radius 2 is 1.86 bits per heavy atom. The zero-order chi connectivity index (χ0) is 24.6. The number of rotatable bonds is 9. The predicted octanol–water partition coefficient (Wildman–Crippen LogP) is 6.60. The van der Waals surface area contributed by atoms with Crippen molar-refractivity contribution in [2.24, 2.45) is 5.92 Å². The number of aromatic nitrogens is 1. The van der Waals surface area contributed by atoms with Gasteiger partial charge in [-0.15, -0.1) is 0 Å². The number of amides is 1. The van der Waals surface area contributed by atoms with Crippen LogP contribution < -0.4 is 0 Å². The first kappa shape index (κ1) is 24.9. The van der Waals surface area contributed by atoms with E-state index < -0.39 is 0 Å². The average Bonchev–Trinajstić information content (AvgIpc) is 2.89. The number of nitro groups is 1. The lowest BCUT2D eigenvalue weighted by Crippen LogP contribution is -2.38. The van der Waals surface area contributed by atoms with Crippen molar-refractivity contribution in [1.82, 2.24) is 9.88 Å². The summed E-state index contributed by atoms with van der Waals surface area (Å²) in [6.45, 7) is 2.92. The minimum Gasteiger partial charge on any atom is -0.338 e. The molecule has 35 heavy (non-hydrogen) atoms. The lowest BCUT2D eigenvalue weighted by atomic mass is 9.88. The van der Waals surface area contributed by atoms with E-state index in [9.17, 15) is 14.9 Å². The van der Waals surface area contributed by atoms with Crippen LogP contribution in [-0.4, -0.2) is 27.3 Å². The Balaban J connectivity index is 1.62. The number of carbonyl (C=O) groups excluding carboxylic acids is 1. The van der Waals surface area contributed by atoms with Crippen molar-refractivity contribution in [3.8, 4) is 0 Å². The van der Waals surface area contributed by atoms with Crippen molar-refractivity contribution in [3.05, 3.63) is 93.8 Å². The summed E-state index contributed by atoms with van der Waals surface area (Å²) in [5.41, 5.74) is 2.96. The zero-order valence-electron chi connectivity index (χ0n) is 20.1. The molecule has 0 saturated heterocycles. The van der Waals surface area contributed by atoms with Crippen LogP contribution >= 0.6 is 11.8 Å². The van der Waals surface area contributed by atoms with Crippen LogP contribution in [0.25, 0.3) is 0 Å². The third kappa shape index (κ3) is 6.92. The van der Waals surface area contributed by atoms with Crippen LogP contribution in [-0.2, 0) is 17.8 Å². The number of aryl methyl sites for hydroxylation is 1. The van der Waals surface area contributed by atoms with Gasteiger partial charge in [-0.1, -0.05) is 54.8 Å². The van der Waals surface area contributed by atoms with Crippen LogP contribution in [0.4, 0.5) is 5.69 Å². The van der Waals surface area contributed by atoms with Gasteiger partial charge in [-0.25, -0.2) is 0 Å². The molecule has 1 aromatic heterocycles. The second kappa shape index (κ2) is 12.0. The number of hydrogen-bond acceptors (Lipinski definition) is 5. The minimum absolute atomic E-state index is 0.0272. The number of benzene rings is 2. The SMILES string of the molecule is Cc1ccc(Sc2ccc([N+](=O)[O-])cc2CN(CCc2ccccn2)C(=O)C2CCCCC2)cc1. The number of hydrogen-bond donors (Lipinski definition) is 0. The summed E-state index contributed by atoms with van der Waals surface area (Å²) in [7, 11) is 0. The summed E-state index contributed by atoms with van der Waals surface area (Å²) in [6.07, 6.45) is 7.58. The Hall–Kier alpha value is -3.19. The van der Waals surface area contributed by atoms with E-state index in [2.05, 4.69) is 29.2 Å². The van der Waals surface area contributed by atoms with Crippen LogP contribution in [0, 0.1) is 23.0 Å². The van der Waals surface area contributed by atoms with Crippen molar-refractivity contribution >= 4 is 23.4 Å². The molecule has 7 heteroatoms. The van der Waals surface area contributed by atoms with Gasteiger partial charge in [0.05, 0.1) is 4.92 Å². The molecule has 1 aliphatic carbocycles. The van der Waals surface area contributed by atoms with Gasteiger partial charge in [-0.05, 0) is 55.7 Å². The van der Waals surface area contributed by atoms with E-state index in [1.54, 1.807) is 36.2 Å². The Morgan fingerprint density at radius 3 is 2.54 bits per heavy atom. The van der Waals surface area contributed by atoms with Crippen LogP contribution in [0.15, 0.2) is 76.7 Å². The van der Waals surface area contributed by atoms with Crippen LogP contribution in [0.3, 0.4) is 0 Å². The van der Waals surface area contributed by atoms with Gasteiger partial charge in [0, 0.05) is 59.2 Å². The van der Waals surface area contributed by atoms with E-state index in [0.717, 1.165) is 46.7 Å². The average molecular weight is 490 g/mol. The Kier molecular flexibility index (Phi) is 8.53. The Morgan fingerprint density at radius 1 is 1.09 bits per heavy atom. The highest BCUT2D eigenvalue weighted by Crippen LogP contribution is 2.34. The van der Waals surface area contributed by atoms with E-state index in [1.165, 1.54) is 12.0 Å². The normalized spacial score (nSPS) is 14.0. The summed E-state index contributed by atoms with van der Waals surface area (Å²) in [4.78, 5) is 33.1. The molecule has 4 rings (SSSR count). The molecule has 182 valence electrons. The lowest BCUT2D eigenvalue weighted by Gasteiger charge is -2.30. The quantitative estimate of drug-likeness (QED) is 0.250. The first-order valence-electron chi connectivity index (χ1n) is 12.2. The second-order valence-corrected chi connectivity index (χ2v) is 10.2. The molecule has 1 fully saturated rings. The topological polar surface area (TPSA) is 76.3 Å². The van der Waals surface area contributed by atoms with Gasteiger partial charge < -0.3 is 4.90 Å². The van der Waals surface area contributed by atoms with Gasteiger partial charge in [0.15, 0.2) is 0 Å². The van der Waals surface area contributed by atoms with Crippen molar-refractivity contribution in [2.75, 3.05) is 6.54 Å². The van der Waals surface area contributed by atoms with Gasteiger partial charge in [0.2, 0.25) is 5.91 Å². The summed E-state index contributed by atoms with van der Waals surface area (Å²) >= 11 is 1.57. The summed E-state index contributed by atoms with van der Waals surface area (Å²) in [5, 5.41) is 11.5. The number of pyridine rings is 1. The Labute approximate surface area is 210 Å². The lowest BCUT2D eigenvalue weighted by molar-refractivity contribution is -0.385. The van der Waals surface area contributed by atoms with Crippen LogP contribution in [0.2, 0.25) is 0 Å². The maximum atomic E-state index is 13.6. The first-order chi connectivity index (χ1) is 17.0. The molecule has 1 heterocycles. The van der Waals surface area contributed by atoms with Crippen molar-refractivity contribution < 1.29 is 9.72 Å². The molecule has 2 aromatic carbocycles. The predicted molar refractivity (Wildman–Crippen MR) is 138 cm³/mol. The van der Waals surface area contributed by atoms with Gasteiger partial charge in [-0.3, -0.25) is 19.9 Å². The third-order valence-corrected chi connectivity index (χ3v) is 7.62. The summed E-state index contributed by atoms with van der Waals surface area (Å²) in [6, 6.07) is 19.0. The molecule has 1 aliphatic rings. The minimum atomic E-state index is -0.370. The molecule has 0 unspecified atom stereocenters. The smallest absolute Gasteiger partial charge is 0.269 e. The molecule has 1 saturated carbocycles. The molecule has 0 bridgehead atoms. The molecule has 6 nitrogen and oxygen atoms in total. The monoisotopic (exact) mass is 489 g/mol. The van der Waals surface area contributed by atoms with Crippen molar-refractivity contribution in [1.29, 1.82) is 0 Å². The van der Waals surface area contributed by atoms with E-state index in [-0.39, 0.29) is 22.4 Å². The van der Waals surface area contributed by atoms with E-state index in [1.807, 2.05) is 30.0 Å². The fourth-order valence-electron chi connectivity index (χ4n) is 4.51. The number of carbonyl (C=O) groups is 1. The van der Waals surface area contributed by atoms with Gasteiger partial charge in [0.1, 0.15) is 0 Å². The molecule has 0 atom stereocenters. The first-order valence-corrected chi connectivity index (χ1v) is 13.0. The summed E-state index contributed by atoms with van der Waals surface area (Å²) < 4.78 is 0. The van der Waals surface area contributed by atoms with E-state index in [0.29, 0.717) is 19.5 Å². The molecular formula is C28H31N3O3S. The number of non-ortho nitro benzene ring substituents is 1. The van der Waals surface area contributed by atoms with E-state index in [4.69, 9.17) is 0 Å². The molecule has 0 N–H and O–H groups in total. The number of nitrogens with zero attached hydrogens (tertiary/aromatic N) is 3. The molecule has 1 amide bonds. The highest BCUT2D eigenvalue weighted by molar-refractivity contribution is 7.99. The molecular weight excluding hydrogens is 458 g/mol. The van der Waals surface area contributed by atoms with Crippen LogP contribution in [0.1, 0.15) is 48.9 Å². The standard InChI is InChI=1S/C28H31N3O3S/c1-21-10-13-26(14-11-21)35-27-15-12-25(31(33)34)19-23(27)20-30(18-16-24-9-5-6-17-29-24)28(32)22-7-3-2-4-8-22/h5-6,9-15,17,19,22H,2-4,7-8,16,18,20H2,1H3. The van der Waals surface area contributed by atoms with Gasteiger partial charge in [0.25, 0.3) is 5.69 Å². The van der Waals surface area contributed by atoms with Crippen molar-refractivity contribution in [2.45, 2.75) is 61.8 Å². The molecule has 0 spiro atoms. The number of nitro benzene ring substituents is 1. The summed E-state index contributed by atoms with van der Waals surface area (Å²) in [5.74, 6) is 0.179. The molecule has 0 aliphatic heterocycles. The largest absolute Gasteiger partial charge is 0.338 e. The van der Waals surface area contributed by atoms with Gasteiger partial charge >= 0.3 is 0 Å². The Bertz CT molecular complexity index is 1150. The molecule has 3 aromatic rings. The van der Waals surface area contributed by atoms with Crippen LogP contribution in [0.5, 0.6) is 0 Å². The maximum Gasteiger partial charge on any atom is 0.269 e. The van der Waals surface area contributed by atoms with E-state index >= 15 is 0 Å². The zero-order valence-corrected chi connectivity index (χ0v) is 20.9. The maximum absolute atomic E-state index is 13.6. The molecule has 0 radical (unpaired) electrons. The third-order valence-electron chi connectivity index (χ3n) is 6.49. The fourth-order valence-corrected chi connectivity index (χ4v) is 5.43. The fraction of sp³-hybridized carbons (Fsp3) is 0.357. The van der Waals surface area contributed by atoms with Gasteiger partial charge in [-0.2, -0.15) is 0 Å². The highest BCUT2D eigenvalue weighted by Gasteiger charge is 2.27. The van der Waals surface area contributed by atoms with Crippen molar-refractivity contribution in [3.63, 3.8) is 0 Å².